The van der Waals surface area contributed by atoms with E-state index >= 15 is 0 Å². The Labute approximate surface area is 125 Å². The molecule has 0 aliphatic heterocycles. The number of thiophene rings is 1. The zero-order chi connectivity index (χ0) is 12.6. The first-order valence-corrected chi connectivity index (χ1v) is 7.40. The molecule has 1 atom stereocenters. The van der Waals surface area contributed by atoms with Gasteiger partial charge in [-0.15, -0.1) is 11.3 Å². The maximum absolute atomic E-state index is 13.7. The maximum Gasteiger partial charge on any atom is 0.129 e. The quantitative estimate of drug-likeness (QED) is 0.539. The molecule has 0 radical (unpaired) electrons. The highest BCUT2D eigenvalue weighted by Crippen LogP contribution is 2.44. The van der Waals surface area contributed by atoms with Crippen LogP contribution in [0, 0.1) is 5.82 Å². The summed E-state index contributed by atoms with van der Waals surface area (Å²) in [5.41, 5.74) is 1.08. The molecular weight excluding hydrogens is 369 g/mol. The van der Waals surface area contributed by atoms with E-state index in [1.165, 1.54) is 17.4 Å². The molecule has 0 spiro atoms. The Morgan fingerprint density at radius 3 is 2.47 bits per heavy atom. The maximum atomic E-state index is 13.7. The highest BCUT2D eigenvalue weighted by Gasteiger charge is 2.22. The van der Waals surface area contributed by atoms with Gasteiger partial charge in [-0.2, -0.15) is 0 Å². The van der Waals surface area contributed by atoms with Gasteiger partial charge in [-0.25, -0.2) is 4.39 Å². The molecule has 0 fully saturated rings. The molecular formula is C11H5BrCl3FS. The van der Waals surface area contributed by atoms with Crippen LogP contribution in [-0.4, -0.2) is 0 Å². The highest BCUT2D eigenvalue weighted by molar-refractivity contribution is 9.09. The van der Waals surface area contributed by atoms with Crippen molar-refractivity contribution in [2.75, 3.05) is 0 Å². The summed E-state index contributed by atoms with van der Waals surface area (Å²) in [5.74, 6) is -0.377. The van der Waals surface area contributed by atoms with Crippen molar-refractivity contribution in [3.63, 3.8) is 0 Å². The Bertz CT molecular complexity index is 535. The van der Waals surface area contributed by atoms with Gasteiger partial charge in [0.15, 0.2) is 0 Å². The Hall–Kier alpha value is 0.200. The van der Waals surface area contributed by atoms with Gasteiger partial charge in [0.1, 0.15) is 5.82 Å². The Kier molecular flexibility index (Phi) is 4.37. The lowest BCUT2D eigenvalue weighted by Crippen LogP contribution is -1.96. The molecule has 0 amide bonds. The van der Waals surface area contributed by atoms with E-state index in [0.29, 0.717) is 24.8 Å². The van der Waals surface area contributed by atoms with Gasteiger partial charge in [-0.1, -0.05) is 56.8 Å². The van der Waals surface area contributed by atoms with E-state index in [4.69, 9.17) is 34.8 Å². The molecule has 0 aliphatic rings. The third kappa shape index (κ3) is 2.79. The van der Waals surface area contributed by atoms with Gasteiger partial charge >= 0.3 is 0 Å². The first-order valence-electron chi connectivity index (χ1n) is 4.53. The van der Waals surface area contributed by atoms with Gasteiger partial charge in [0, 0.05) is 16.1 Å². The van der Waals surface area contributed by atoms with Crippen LogP contribution in [-0.2, 0) is 0 Å². The molecule has 2 rings (SSSR count). The smallest absolute Gasteiger partial charge is 0.129 e. The molecule has 1 unspecified atom stereocenters. The summed E-state index contributed by atoms with van der Waals surface area (Å²) in [6.45, 7) is 0. The van der Waals surface area contributed by atoms with Gasteiger partial charge in [0.2, 0.25) is 0 Å². The topological polar surface area (TPSA) is 0 Å². The highest BCUT2D eigenvalue weighted by atomic mass is 79.9. The summed E-state index contributed by atoms with van der Waals surface area (Å²) in [7, 11) is 0. The minimum Gasteiger partial charge on any atom is -0.207 e. The number of halogens is 5. The Morgan fingerprint density at radius 1 is 1.24 bits per heavy atom. The van der Waals surface area contributed by atoms with Crippen LogP contribution in [0.3, 0.4) is 0 Å². The summed E-state index contributed by atoms with van der Waals surface area (Å²) >= 11 is 22.5. The largest absolute Gasteiger partial charge is 0.207 e. The van der Waals surface area contributed by atoms with Crippen molar-refractivity contribution >= 4 is 62.1 Å². The van der Waals surface area contributed by atoms with Crippen LogP contribution >= 0.6 is 62.1 Å². The van der Waals surface area contributed by atoms with E-state index < -0.39 is 4.83 Å². The number of alkyl halides is 1. The molecule has 0 bridgehead atoms. The first-order chi connectivity index (χ1) is 8.00. The minimum absolute atomic E-state index is 0.352. The van der Waals surface area contributed by atoms with Crippen LogP contribution in [0.2, 0.25) is 13.7 Å². The third-order valence-corrected chi connectivity index (χ3v) is 5.01. The summed E-state index contributed by atoms with van der Waals surface area (Å²) in [5, 5.41) is 0.352. The predicted octanol–water partition coefficient (Wildman–Crippen LogP) is 6.33. The van der Waals surface area contributed by atoms with Gasteiger partial charge in [-0.05, 0) is 18.2 Å². The summed E-state index contributed by atoms with van der Waals surface area (Å²) in [4.78, 5) is -0.410. The summed E-state index contributed by atoms with van der Waals surface area (Å²) in [6, 6.07) is 6.26. The molecule has 0 aliphatic carbocycles. The van der Waals surface area contributed by atoms with Crippen molar-refractivity contribution in [3.05, 3.63) is 54.9 Å². The van der Waals surface area contributed by atoms with E-state index in [-0.39, 0.29) is 5.82 Å². The molecule has 1 aromatic carbocycles. The van der Waals surface area contributed by atoms with Crippen LogP contribution in [0.4, 0.5) is 4.39 Å². The second-order valence-corrected chi connectivity index (χ2v) is 6.89. The summed E-state index contributed by atoms with van der Waals surface area (Å²) in [6.07, 6.45) is 0. The fourth-order valence-corrected chi connectivity index (χ4v) is 4.48. The molecule has 1 aromatic heterocycles. The average Bonchev–Trinajstić information content (AvgIpc) is 2.57. The lowest BCUT2D eigenvalue weighted by molar-refractivity contribution is 0.614. The number of hydrogen-bond acceptors (Lipinski definition) is 1. The SMILES string of the molecule is Fc1cccc(Cl)c1C(Br)c1cc(Cl)sc1Cl. The van der Waals surface area contributed by atoms with Crippen molar-refractivity contribution in [3.8, 4) is 0 Å². The normalized spacial score (nSPS) is 12.8. The molecule has 0 saturated heterocycles. The molecule has 0 nitrogen and oxygen atoms in total. The van der Waals surface area contributed by atoms with Crippen molar-refractivity contribution in [2.45, 2.75) is 4.83 Å². The van der Waals surface area contributed by atoms with Gasteiger partial charge in [-0.3, -0.25) is 0 Å². The van der Waals surface area contributed by atoms with E-state index in [2.05, 4.69) is 15.9 Å². The molecule has 0 saturated carbocycles. The summed E-state index contributed by atoms with van der Waals surface area (Å²) < 4.78 is 14.8. The fraction of sp³-hybridized carbons (Fsp3) is 0.0909. The lowest BCUT2D eigenvalue weighted by Gasteiger charge is -2.12. The second kappa shape index (κ2) is 5.45. The molecule has 2 aromatic rings. The van der Waals surface area contributed by atoms with E-state index in [9.17, 15) is 4.39 Å². The van der Waals surface area contributed by atoms with Crippen LogP contribution in [0.1, 0.15) is 16.0 Å². The average molecular weight is 374 g/mol. The Balaban J connectivity index is 2.51. The first kappa shape index (κ1) is 13.6. The van der Waals surface area contributed by atoms with E-state index in [1.807, 2.05) is 0 Å². The van der Waals surface area contributed by atoms with Gasteiger partial charge < -0.3 is 0 Å². The van der Waals surface area contributed by atoms with E-state index in [0.717, 1.165) is 0 Å². The monoisotopic (exact) mass is 372 g/mol. The molecule has 6 heteroatoms. The minimum atomic E-state index is -0.410. The van der Waals surface area contributed by atoms with Crippen LogP contribution in [0.15, 0.2) is 24.3 Å². The van der Waals surface area contributed by atoms with Gasteiger partial charge in [0.05, 0.1) is 13.5 Å². The molecule has 1 heterocycles. The number of benzene rings is 1. The fourth-order valence-electron chi connectivity index (χ4n) is 1.43. The van der Waals surface area contributed by atoms with Crippen molar-refractivity contribution in [1.82, 2.24) is 0 Å². The van der Waals surface area contributed by atoms with Crippen LogP contribution in [0.5, 0.6) is 0 Å². The standard InChI is InChI=1S/C11H5BrCl3FS/c12-10(5-4-8(14)17-11(5)15)9-6(13)2-1-3-7(9)16/h1-4,10H. The molecule has 17 heavy (non-hydrogen) atoms. The lowest BCUT2D eigenvalue weighted by atomic mass is 10.1. The molecule has 90 valence electrons. The zero-order valence-corrected chi connectivity index (χ0v) is 12.9. The second-order valence-electron chi connectivity index (χ2n) is 3.28. The predicted molar refractivity (Wildman–Crippen MR) is 76.5 cm³/mol. The third-order valence-electron chi connectivity index (χ3n) is 2.21. The van der Waals surface area contributed by atoms with Crippen LogP contribution < -0.4 is 0 Å². The van der Waals surface area contributed by atoms with Crippen molar-refractivity contribution < 1.29 is 4.39 Å². The van der Waals surface area contributed by atoms with E-state index in [1.54, 1.807) is 18.2 Å². The Morgan fingerprint density at radius 2 is 1.94 bits per heavy atom. The van der Waals surface area contributed by atoms with Crippen molar-refractivity contribution in [2.24, 2.45) is 0 Å². The zero-order valence-electron chi connectivity index (χ0n) is 8.18. The number of rotatable bonds is 2. The van der Waals surface area contributed by atoms with Gasteiger partial charge in [0.25, 0.3) is 0 Å². The number of hydrogen-bond donors (Lipinski definition) is 0. The van der Waals surface area contributed by atoms with Crippen LogP contribution in [0.25, 0.3) is 0 Å². The van der Waals surface area contributed by atoms with Crippen molar-refractivity contribution in [1.29, 1.82) is 0 Å². The molecule has 0 N–H and O–H groups in total.